The number of nitrogens with one attached hydrogen (secondary N) is 1. The van der Waals surface area contributed by atoms with Crippen LogP contribution in [0.1, 0.15) is 19.8 Å². The molecule has 0 aromatic heterocycles. The average molecular weight is 228 g/mol. The minimum absolute atomic E-state index is 0.0247. The van der Waals surface area contributed by atoms with Crippen molar-refractivity contribution in [1.29, 1.82) is 0 Å². The van der Waals surface area contributed by atoms with E-state index in [1.165, 1.54) is 24.3 Å². The van der Waals surface area contributed by atoms with E-state index in [4.69, 9.17) is 0 Å². The predicted molar refractivity (Wildman–Crippen MR) is 64.1 cm³/mol. The average Bonchev–Trinajstić information content (AvgIpc) is 2.26. The molecule has 0 radical (unpaired) electrons. The molecule has 1 N–H and O–H groups in total. The lowest BCUT2D eigenvalue weighted by Crippen LogP contribution is -2.54. The zero-order chi connectivity index (χ0) is 10.7. The Kier molecular flexibility index (Phi) is 3.92. The van der Waals surface area contributed by atoms with Gasteiger partial charge in [-0.15, -0.1) is 0 Å². The van der Waals surface area contributed by atoms with Crippen molar-refractivity contribution in [1.82, 2.24) is 10.2 Å². The fraction of sp³-hybridized carbons (Fsp3) is 0.909. The SMILES string of the molecule is CC1NCCN(CC2CCSCC2)C1=O. The van der Waals surface area contributed by atoms with Gasteiger partial charge >= 0.3 is 0 Å². The molecule has 1 atom stereocenters. The lowest BCUT2D eigenvalue weighted by Gasteiger charge is -2.35. The van der Waals surface area contributed by atoms with Crippen molar-refractivity contribution in [3.63, 3.8) is 0 Å². The van der Waals surface area contributed by atoms with Crippen molar-refractivity contribution in [2.24, 2.45) is 5.92 Å². The van der Waals surface area contributed by atoms with Crippen LogP contribution in [0.25, 0.3) is 0 Å². The number of hydrogen-bond acceptors (Lipinski definition) is 3. The van der Waals surface area contributed by atoms with E-state index in [-0.39, 0.29) is 6.04 Å². The maximum atomic E-state index is 11.9. The van der Waals surface area contributed by atoms with Gasteiger partial charge in [-0.1, -0.05) is 0 Å². The number of amides is 1. The van der Waals surface area contributed by atoms with E-state index in [9.17, 15) is 4.79 Å². The first-order valence-corrected chi connectivity index (χ1v) is 7.03. The summed E-state index contributed by atoms with van der Waals surface area (Å²) in [6, 6.07) is 0.0247. The largest absolute Gasteiger partial charge is 0.340 e. The Bertz CT molecular complexity index is 229. The summed E-state index contributed by atoms with van der Waals surface area (Å²) in [5.41, 5.74) is 0. The van der Waals surface area contributed by atoms with Gasteiger partial charge in [-0.3, -0.25) is 4.79 Å². The Balaban J connectivity index is 1.84. The van der Waals surface area contributed by atoms with Crippen LogP contribution in [0, 0.1) is 5.92 Å². The summed E-state index contributed by atoms with van der Waals surface area (Å²) >= 11 is 2.05. The van der Waals surface area contributed by atoms with Crippen LogP contribution in [-0.2, 0) is 4.79 Å². The van der Waals surface area contributed by atoms with Crippen molar-refractivity contribution in [3.8, 4) is 0 Å². The van der Waals surface area contributed by atoms with Crippen molar-refractivity contribution in [3.05, 3.63) is 0 Å². The second-order valence-electron chi connectivity index (χ2n) is 4.52. The summed E-state index contributed by atoms with van der Waals surface area (Å²) in [5, 5.41) is 3.20. The maximum absolute atomic E-state index is 11.9. The van der Waals surface area contributed by atoms with Gasteiger partial charge in [0.25, 0.3) is 0 Å². The van der Waals surface area contributed by atoms with E-state index in [2.05, 4.69) is 10.2 Å². The molecule has 0 saturated carbocycles. The molecular formula is C11H20N2OS. The first-order valence-electron chi connectivity index (χ1n) is 5.87. The summed E-state index contributed by atoms with van der Waals surface area (Å²) in [4.78, 5) is 13.9. The number of hydrogen-bond donors (Lipinski definition) is 1. The molecule has 86 valence electrons. The second-order valence-corrected chi connectivity index (χ2v) is 5.74. The standard InChI is InChI=1S/C11H20N2OS/c1-9-11(14)13(5-4-12-9)8-10-2-6-15-7-3-10/h9-10,12H,2-8H2,1H3. The van der Waals surface area contributed by atoms with Gasteiger partial charge in [-0.2, -0.15) is 11.8 Å². The third-order valence-electron chi connectivity index (χ3n) is 3.33. The van der Waals surface area contributed by atoms with Gasteiger partial charge in [-0.05, 0) is 37.2 Å². The molecule has 2 aliphatic rings. The van der Waals surface area contributed by atoms with Crippen LogP contribution in [0.2, 0.25) is 0 Å². The minimum atomic E-state index is 0.0247. The third kappa shape index (κ3) is 2.88. The molecular weight excluding hydrogens is 208 g/mol. The topological polar surface area (TPSA) is 32.3 Å². The van der Waals surface area contributed by atoms with E-state index in [0.29, 0.717) is 5.91 Å². The minimum Gasteiger partial charge on any atom is -0.340 e. The highest BCUT2D eigenvalue weighted by atomic mass is 32.2. The molecule has 2 rings (SSSR count). The molecule has 2 fully saturated rings. The normalized spacial score (nSPS) is 29.5. The fourth-order valence-electron chi connectivity index (χ4n) is 2.31. The summed E-state index contributed by atoms with van der Waals surface area (Å²) in [6.07, 6.45) is 2.58. The van der Waals surface area contributed by atoms with Crippen LogP contribution in [0.15, 0.2) is 0 Å². The van der Waals surface area contributed by atoms with Gasteiger partial charge in [0.15, 0.2) is 0 Å². The summed E-state index contributed by atoms with van der Waals surface area (Å²) < 4.78 is 0. The summed E-state index contributed by atoms with van der Waals surface area (Å²) in [7, 11) is 0. The zero-order valence-electron chi connectivity index (χ0n) is 9.37. The van der Waals surface area contributed by atoms with Crippen molar-refractivity contribution < 1.29 is 4.79 Å². The number of rotatable bonds is 2. The van der Waals surface area contributed by atoms with Gasteiger partial charge in [0.1, 0.15) is 0 Å². The molecule has 0 spiro atoms. The van der Waals surface area contributed by atoms with Crippen molar-refractivity contribution >= 4 is 17.7 Å². The van der Waals surface area contributed by atoms with Crippen LogP contribution in [0.4, 0.5) is 0 Å². The molecule has 15 heavy (non-hydrogen) atoms. The van der Waals surface area contributed by atoms with Crippen LogP contribution in [0.3, 0.4) is 0 Å². The summed E-state index contributed by atoms with van der Waals surface area (Å²) in [5.74, 6) is 3.60. The molecule has 2 heterocycles. The van der Waals surface area contributed by atoms with Gasteiger partial charge < -0.3 is 10.2 Å². The first-order chi connectivity index (χ1) is 7.27. The fourth-order valence-corrected chi connectivity index (χ4v) is 3.51. The molecule has 4 heteroatoms. The Labute approximate surface area is 96.0 Å². The van der Waals surface area contributed by atoms with E-state index >= 15 is 0 Å². The highest BCUT2D eigenvalue weighted by Crippen LogP contribution is 2.23. The zero-order valence-corrected chi connectivity index (χ0v) is 10.2. The molecule has 1 unspecified atom stereocenters. The molecule has 0 bridgehead atoms. The molecule has 0 aliphatic carbocycles. The Hall–Kier alpha value is -0.220. The molecule has 0 aromatic rings. The lowest BCUT2D eigenvalue weighted by molar-refractivity contribution is -0.135. The maximum Gasteiger partial charge on any atom is 0.239 e. The monoisotopic (exact) mass is 228 g/mol. The number of nitrogens with zero attached hydrogens (tertiary/aromatic N) is 1. The van der Waals surface area contributed by atoms with E-state index in [0.717, 1.165) is 25.6 Å². The molecule has 1 amide bonds. The molecule has 3 nitrogen and oxygen atoms in total. The third-order valence-corrected chi connectivity index (χ3v) is 4.38. The van der Waals surface area contributed by atoms with Crippen LogP contribution in [-0.4, -0.2) is 48.0 Å². The van der Waals surface area contributed by atoms with Gasteiger partial charge in [0, 0.05) is 19.6 Å². The molecule has 2 aliphatic heterocycles. The van der Waals surface area contributed by atoms with E-state index in [1.807, 2.05) is 18.7 Å². The Morgan fingerprint density at radius 1 is 1.47 bits per heavy atom. The number of carbonyl (C=O) groups is 1. The molecule has 2 saturated heterocycles. The first kappa shape index (κ1) is 11.3. The van der Waals surface area contributed by atoms with Gasteiger partial charge in [0.2, 0.25) is 5.91 Å². The van der Waals surface area contributed by atoms with Gasteiger partial charge in [0.05, 0.1) is 6.04 Å². The second kappa shape index (κ2) is 5.21. The van der Waals surface area contributed by atoms with Crippen LogP contribution >= 0.6 is 11.8 Å². The van der Waals surface area contributed by atoms with Gasteiger partial charge in [-0.25, -0.2) is 0 Å². The Morgan fingerprint density at radius 2 is 2.20 bits per heavy atom. The van der Waals surface area contributed by atoms with E-state index in [1.54, 1.807) is 0 Å². The smallest absolute Gasteiger partial charge is 0.239 e. The van der Waals surface area contributed by atoms with E-state index < -0.39 is 0 Å². The Morgan fingerprint density at radius 3 is 2.93 bits per heavy atom. The quantitative estimate of drug-likeness (QED) is 0.764. The van der Waals surface area contributed by atoms with Crippen molar-refractivity contribution in [2.75, 3.05) is 31.1 Å². The highest BCUT2D eigenvalue weighted by Gasteiger charge is 2.27. The van der Waals surface area contributed by atoms with Crippen LogP contribution in [0.5, 0.6) is 0 Å². The lowest BCUT2D eigenvalue weighted by atomic mass is 10.0. The number of carbonyl (C=O) groups excluding carboxylic acids is 1. The number of thioether (sulfide) groups is 1. The predicted octanol–water partition coefficient (Wildman–Crippen LogP) is 0.950. The van der Waals surface area contributed by atoms with Crippen molar-refractivity contribution in [2.45, 2.75) is 25.8 Å². The highest BCUT2D eigenvalue weighted by molar-refractivity contribution is 7.99. The number of piperazine rings is 1. The molecule has 0 aromatic carbocycles. The summed E-state index contributed by atoms with van der Waals surface area (Å²) in [6.45, 7) is 4.80. The van der Waals surface area contributed by atoms with Crippen LogP contribution < -0.4 is 5.32 Å².